The highest BCUT2D eigenvalue weighted by Crippen LogP contribution is 2.37. The molecule has 0 radical (unpaired) electrons. The number of anilines is 1. The van der Waals surface area contributed by atoms with E-state index in [9.17, 15) is 20.3 Å². The Bertz CT molecular complexity index is 1050. The number of carbonyl (C=O) groups excluding carboxylic acids is 1. The zero-order valence-corrected chi connectivity index (χ0v) is 26.2. The highest BCUT2D eigenvalue weighted by Gasteiger charge is 2.26. The Kier molecular flexibility index (Phi) is 17.9. The zero-order chi connectivity index (χ0) is 29.9. The van der Waals surface area contributed by atoms with Gasteiger partial charge in [-0.3, -0.25) is 4.90 Å². The number of phenols is 1. The van der Waals surface area contributed by atoms with Crippen molar-refractivity contribution < 1.29 is 15.0 Å². The molecule has 2 heterocycles. The Labute approximate surface area is 246 Å². The molecule has 0 spiro atoms. The lowest BCUT2D eigenvalue weighted by molar-refractivity contribution is -0.107. The van der Waals surface area contributed by atoms with Gasteiger partial charge >= 0.3 is 0 Å². The Morgan fingerprint density at radius 1 is 1.25 bits per heavy atom. The summed E-state index contributed by atoms with van der Waals surface area (Å²) in [5, 5.41) is 32.7. The van der Waals surface area contributed by atoms with E-state index in [0.29, 0.717) is 12.0 Å². The molecule has 1 saturated carbocycles. The van der Waals surface area contributed by atoms with Gasteiger partial charge in [-0.1, -0.05) is 65.2 Å². The van der Waals surface area contributed by atoms with E-state index in [0.717, 1.165) is 54.3 Å². The summed E-state index contributed by atoms with van der Waals surface area (Å²) in [5.41, 5.74) is 3.46. The second-order valence-electron chi connectivity index (χ2n) is 9.94. The molecular formula is C33H51N3O3S. The molecule has 1 unspecified atom stereocenters. The minimum atomic E-state index is -0.639. The number of allylic oxidation sites excluding steroid dienone is 1. The quantitative estimate of drug-likeness (QED) is 0.222. The summed E-state index contributed by atoms with van der Waals surface area (Å²) in [7, 11) is 1.91. The van der Waals surface area contributed by atoms with E-state index in [2.05, 4.69) is 29.8 Å². The summed E-state index contributed by atoms with van der Waals surface area (Å²) < 4.78 is 0. The van der Waals surface area contributed by atoms with Crippen LogP contribution in [0.1, 0.15) is 106 Å². The van der Waals surface area contributed by atoms with Crippen LogP contribution in [-0.2, 0) is 24.2 Å². The van der Waals surface area contributed by atoms with Gasteiger partial charge in [-0.15, -0.1) is 17.9 Å². The number of fused-ring (bicyclic) bond motifs is 1. The molecule has 7 heteroatoms. The first-order valence-electron chi connectivity index (χ1n) is 14.9. The minimum Gasteiger partial charge on any atom is -0.508 e. The molecule has 3 N–H and O–H groups in total. The summed E-state index contributed by atoms with van der Waals surface area (Å²) in [5.74, 6) is 0.942. The van der Waals surface area contributed by atoms with Crippen LogP contribution in [-0.4, -0.2) is 41.5 Å². The van der Waals surface area contributed by atoms with E-state index < -0.39 is 6.10 Å². The lowest BCUT2D eigenvalue weighted by Gasteiger charge is -2.32. The van der Waals surface area contributed by atoms with Crippen LogP contribution in [0.3, 0.4) is 0 Å². The van der Waals surface area contributed by atoms with Crippen molar-refractivity contribution >= 4 is 22.6 Å². The molecule has 0 saturated heterocycles. The largest absolute Gasteiger partial charge is 0.508 e. The van der Waals surface area contributed by atoms with Gasteiger partial charge in [0, 0.05) is 49.1 Å². The number of rotatable bonds is 8. The van der Waals surface area contributed by atoms with Gasteiger partial charge in [0.1, 0.15) is 23.1 Å². The monoisotopic (exact) mass is 569 g/mol. The number of thiophene rings is 1. The molecule has 1 atom stereocenters. The first kappa shape index (κ1) is 35.4. The van der Waals surface area contributed by atoms with Crippen molar-refractivity contribution in [2.24, 2.45) is 5.92 Å². The fraction of sp³-hybridized carbons (Fsp3) is 0.576. The van der Waals surface area contributed by atoms with Crippen LogP contribution >= 0.6 is 11.3 Å². The average Bonchev–Trinajstić information content (AvgIpc) is 3.36. The molecule has 0 bridgehead atoms. The number of aldehydes is 1. The predicted octanol–water partition coefficient (Wildman–Crippen LogP) is 7.79. The molecule has 222 valence electrons. The summed E-state index contributed by atoms with van der Waals surface area (Å²) >= 11 is 1.77. The fourth-order valence-corrected chi connectivity index (χ4v) is 6.05. The first-order valence-corrected chi connectivity index (χ1v) is 15.7. The SMILES string of the molecule is C=CCC.CC.CCC(O)c1ccc(CC=O)cc1O.CNc1sc2c(c1C#N)CN(CC1CCCCC1)CC2. The van der Waals surface area contributed by atoms with Gasteiger partial charge in [-0.25, -0.2) is 0 Å². The smallest absolute Gasteiger partial charge is 0.124 e. The van der Waals surface area contributed by atoms with Crippen molar-refractivity contribution in [2.75, 3.05) is 25.5 Å². The lowest BCUT2D eigenvalue weighted by Crippen LogP contribution is -2.34. The average molecular weight is 570 g/mol. The zero-order valence-electron chi connectivity index (χ0n) is 25.3. The number of nitrogens with one attached hydrogen (secondary N) is 1. The van der Waals surface area contributed by atoms with E-state index >= 15 is 0 Å². The molecule has 1 fully saturated rings. The van der Waals surface area contributed by atoms with Crippen LogP contribution in [0.15, 0.2) is 30.9 Å². The number of aliphatic hydroxyl groups excluding tert-OH is 1. The Morgan fingerprint density at radius 2 is 1.93 bits per heavy atom. The van der Waals surface area contributed by atoms with Crippen molar-refractivity contribution in [2.45, 2.75) is 98.1 Å². The molecule has 2 aliphatic rings. The van der Waals surface area contributed by atoms with Gasteiger partial charge in [0.2, 0.25) is 0 Å². The van der Waals surface area contributed by atoms with E-state index in [-0.39, 0.29) is 12.2 Å². The molecule has 40 heavy (non-hydrogen) atoms. The highest BCUT2D eigenvalue weighted by atomic mass is 32.1. The standard InChI is InChI=1S/C16H23N3S.C11H14O3.C4H8.C2H6/c1-18-16-13(9-17)14-11-19(8-7-15(14)20-16)10-12-5-3-2-4-6-12;1-2-10(13)9-4-3-8(5-6-12)7-11(9)14;1-3-4-2;1-2/h12,18H,2-8,10-11H2,1H3;3-4,6-7,10,13-14H,2,5H2,1H3;3H,1,4H2,2H3;1-2H3. The van der Waals surface area contributed by atoms with E-state index in [1.54, 1.807) is 23.5 Å². The number of aliphatic hydroxyl groups is 1. The number of aromatic hydroxyl groups is 1. The van der Waals surface area contributed by atoms with Crippen molar-refractivity contribution in [1.82, 2.24) is 4.90 Å². The van der Waals surface area contributed by atoms with Crippen LogP contribution in [0.4, 0.5) is 5.00 Å². The Balaban J connectivity index is 0.000000350. The third kappa shape index (κ3) is 11.1. The number of benzene rings is 1. The van der Waals surface area contributed by atoms with Crippen molar-refractivity contribution in [1.29, 1.82) is 5.26 Å². The normalized spacial score (nSPS) is 15.3. The molecule has 6 nitrogen and oxygen atoms in total. The molecule has 1 aliphatic heterocycles. The lowest BCUT2D eigenvalue weighted by atomic mass is 9.88. The topological polar surface area (TPSA) is 96.6 Å². The van der Waals surface area contributed by atoms with Gasteiger partial charge in [0.05, 0.1) is 11.7 Å². The maximum absolute atomic E-state index is 10.2. The Hall–Kier alpha value is -2.66. The molecule has 1 aromatic carbocycles. The van der Waals surface area contributed by atoms with E-state index in [1.165, 1.54) is 55.2 Å². The second-order valence-corrected chi connectivity index (χ2v) is 11.0. The van der Waals surface area contributed by atoms with Crippen LogP contribution in [0, 0.1) is 17.2 Å². The summed E-state index contributed by atoms with van der Waals surface area (Å²) in [6, 6.07) is 7.31. The van der Waals surface area contributed by atoms with Gasteiger partial charge < -0.3 is 20.3 Å². The van der Waals surface area contributed by atoms with Gasteiger partial charge in [-0.05, 0) is 49.7 Å². The van der Waals surface area contributed by atoms with Gasteiger partial charge in [0.25, 0.3) is 0 Å². The maximum Gasteiger partial charge on any atom is 0.124 e. The van der Waals surface area contributed by atoms with Crippen LogP contribution in [0.5, 0.6) is 5.75 Å². The minimum absolute atomic E-state index is 0.0544. The predicted molar refractivity (Wildman–Crippen MR) is 169 cm³/mol. The van der Waals surface area contributed by atoms with Crippen LogP contribution in [0.2, 0.25) is 0 Å². The summed E-state index contributed by atoms with van der Waals surface area (Å²) in [6.45, 7) is 14.8. The van der Waals surface area contributed by atoms with Crippen molar-refractivity contribution in [3.8, 4) is 11.8 Å². The number of phenolic OH excluding ortho intramolecular Hbond substituents is 1. The Morgan fingerprint density at radius 3 is 2.45 bits per heavy atom. The number of hydrogen-bond acceptors (Lipinski definition) is 7. The number of nitriles is 1. The number of hydrogen-bond donors (Lipinski definition) is 3. The molecule has 4 rings (SSSR count). The maximum atomic E-state index is 10.2. The van der Waals surface area contributed by atoms with Crippen LogP contribution in [0.25, 0.3) is 0 Å². The van der Waals surface area contributed by atoms with Crippen LogP contribution < -0.4 is 5.32 Å². The van der Waals surface area contributed by atoms with Crippen molar-refractivity contribution in [3.05, 3.63) is 58.0 Å². The molecule has 1 aromatic heterocycles. The molecule has 0 amide bonds. The van der Waals surface area contributed by atoms with Crippen molar-refractivity contribution in [3.63, 3.8) is 0 Å². The highest BCUT2D eigenvalue weighted by molar-refractivity contribution is 7.16. The van der Waals surface area contributed by atoms with E-state index in [4.69, 9.17) is 0 Å². The summed E-state index contributed by atoms with van der Waals surface area (Å²) in [6.07, 6.45) is 12.1. The molecule has 1 aliphatic carbocycles. The third-order valence-corrected chi connectivity index (χ3v) is 8.47. The molecule has 2 aromatic rings. The first-order chi connectivity index (χ1) is 19.4. The summed E-state index contributed by atoms with van der Waals surface area (Å²) in [4.78, 5) is 14.2. The molecular weight excluding hydrogens is 518 g/mol. The number of carbonyl (C=O) groups is 1. The van der Waals surface area contributed by atoms with Gasteiger partial charge in [-0.2, -0.15) is 5.26 Å². The second kappa shape index (κ2) is 20.3. The van der Waals surface area contributed by atoms with Gasteiger partial charge in [0.15, 0.2) is 0 Å². The third-order valence-electron chi connectivity index (χ3n) is 7.16. The van der Waals surface area contributed by atoms with E-state index in [1.807, 2.05) is 33.9 Å². The fourth-order valence-electron chi connectivity index (χ4n) is 4.94. The number of nitrogens with zero attached hydrogens (tertiary/aromatic N) is 2.